The van der Waals surface area contributed by atoms with E-state index >= 15 is 0 Å². The molecule has 2 heterocycles. The second-order valence-electron chi connectivity index (χ2n) is 5.11. The third-order valence-electron chi connectivity index (χ3n) is 3.80. The van der Waals surface area contributed by atoms with Crippen LogP contribution in [0.15, 0.2) is 6.20 Å². The molecule has 0 spiro atoms. The van der Waals surface area contributed by atoms with E-state index in [9.17, 15) is 0 Å². The van der Waals surface area contributed by atoms with E-state index < -0.39 is 0 Å². The summed E-state index contributed by atoms with van der Waals surface area (Å²) in [5, 5.41) is 7.94. The van der Waals surface area contributed by atoms with E-state index in [4.69, 9.17) is 4.74 Å². The van der Waals surface area contributed by atoms with E-state index in [0.29, 0.717) is 12.1 Å². The summed E-state index contributed by atoms with van der Waals surface area (Å²) < 4.78 is 7.62. The lowest BCUT2D eigenvalue weighted by Crippen LogP contribution is -2.19. The van der Waals surface area contributed by atoms with Gasteiger partial charge in [0.25, 0.3) is 0 Å². The molecule has 102 valence electrons. The molecular weight excluding hydrogens is 226 g/mol. The molecule has 0 amide bonds. The summed E-state index contributed by atoms with van der Waals surface area (Å²) in [6.07, 6.45) is 8.34. The molecule has 4 nitrogen and oxygen atoms in total. The van der Waals surface area contributed by atoms with Crippen molar-refractivity contribution in [3.8, 4) is 0 Å². The van der Waals surface area contributed by atoms with Crippen molar-refractivity contribution in [3.63, 3.8) is 0 Å². The minimum atomic E-state index is 0.401. The van der Waals surface area contributed by atoms with Gasteiger partial charge in [-0.25, -0.2) is 0 Å². The highest BCUT2D eigenvalue weighted by Gasteiger charge is 2.20. The lowest BCUT2D eigenvalue weighted by atomic mass is 9.99. The van der Waals surface area contributed by atoms with E-state index in [1.807, 2.05) is 18.8 Å². The van der Waals surface area contributed by atoms with E-state index in [1.165, 1.54) is 24.1 Å². The Morgan fingerprint density at radius 3 is 3.06 bits per heavy atom. The Bertz CT molecular complexity index is 369. The predicted octanol–water partition coefficient (Wildman–Crippen LogP) is 2.20. The topological polar surface area (TPSA) is 39.1 Å². The maximum atomic E-state index is 5.70. The van der Waals surface area contributed by atoms with Crippen molar-refractivity contribution in [3.05, 3.63) is 17.5 Å². The first-order valence-corrected chi connectivity index (χ1v) is 7.05. The molecule has 0 saturated carbocycles. The van der Waals surface area contributed by atoms with Gasteiger partial charge >= 0.3 is 0 Å². The highest BCUT2D eigenvalue weighted by atomic mass is 16.5. The van der Waals surface area contributed by atoms with E-state index in [0.717, 1.165) is 25.9 Å². The number of nitrogens with one attached hydrogen (secondary N) is 1. The van der Waals surface area contributed by atoms with Crippen LogP contribution >= 0.6 is 0 Å². The van der Waals surface area contributed by atoms with Crippen LogP contribution in [0.1, 0.15) is 49.9 Å². The highest BCUT2D eigenvalue weighted by molar-refractivity contribution is 5.21. The Morgan fingerprint density at radius 1 is 1.61 bits per heavy atom. The van der Waals surface area contributed by atoms with Gasteiger partial charge in [-0.15, -0.1) is 0 Å². The second kappa shape index (κ2) is 6.34. The smallest absolute Gasteiger partial charge is 0.0669 e. The predicted molar refractivity (Wildman–Crippen MR) is 72.6 cm³/mol. The maximum absolute atomic E-state index is 5.70. The van der Waals surface area contributed by atoms with Crippen molar-refractivity contribution in [1.29, 1.82) is 0 Å². The second-order valence-corrected chi connectivity index (χ2v) is 5.11. The van der Waals surface area contributed by atoms with E-state index in [1.54, 1.807) is 0 Å². The first-order valence-electron chi connectivity index (χ1n) is 7.05. The fourth-order valence-electron chi connectivity index (χ4n) is 2.80. The molecule has 0 aromatic carbocycles. The number of aromatic nitrogens is 2. The molecule has 18 heavy (non-hydrogen) atoms. The Morgan fingerprint density at radius 2 is 2.44 bits per heavy atom. The summed E-state index contributed by atoms with van der Waals surface area (Å²) in [6.45, 7) is 3.11. The van der Waals surface area contributed by atoms with Crippen LogP contribution in [0, 0.1) is 0 Å². The normalized spacial score (nSPS) is 21.4. The van der Waals surface area contributed by atoms with Gasteiger partial charge < -0.3 is 10.1 Å². The average molecular weight is 251 g/mol. The van der Waals surface area contributed by atoms with Crippen LogP contribution < -0.4 is 5.32 Å². The van der Waals surface area contributed by atoms with Crippen molar-refractivity contribution < 1.29 is 4.74 Å². The maximum Gasteiger partial charge on any atom is 0.0669 e. The van der Waals surface area contributed by atoms with Crippen molar-refractivity contribution in [1.82, 2.24) is 15.1 Å². The Balaban J connectivity index is 1.97. The van der Waals surface area contributed by atoms with Gasteiger partial charge in [-0.1, -0.05) is 6.92 Å². The molecule has 1 aliphatic heterocycles. The van der Waals surface area contributed by atoms with Gasteiger partial charge in [0.2, 0.25) is 0 Å². The largest absolute Gasteiger partial charge is 0.378 e. The van der Waals surface area contributed by atoms with Crippen molar-refractivity contribution in [2.45, 2.75) is 51.2 Å². The van der Waals surface area contributed by atoms with Gasteiger partial charge in [0.1, 0.15) is 0 Å². The number of hydrogen-bond acceptors (Lipinski definition) is 3. The van der Waals surface area contributed by atoms with Crippen LogP contribution in [0.2, 0.25) is 0 Å². The summed E-state index contributed by atoms with van der Waals surface area (Å²) >= 11 is 0. The Labute approximate surface area is 110 Å². The molecule has 1 aromatic rings. The van der Waals surface area contributed by atoms with Crippen LogP contribution in [0.4, 0.5) is 0 Å². The van der Waals surface area contributed by atoms with E-state index in [2.05, 4.69) is 23.5 Å². The van der Waals surface area contributed by atoms with Crippen LogP contribution in [0.3, 0.4) is 0 Å². The minimum Gasteiger partial charge on any atom is -0.378 e. The molecule has 1 fully saturated rings. The molecule has 0 bridgehead atoms. The first-order chi connectivity index (χ1) is 8.74. The lowest BCUT2D eigenvalue weighted by molar-refractivity contribution is 0.0998. The molecular formula is C14H25N3O. The number of aryl methyl sites for hydroxylation is 2. The number of hydrogen-bond donors (Lipinski definition) is 1. The van der Waals surface area contributed by atoms with Crippen molar-refractivity contribution in [2.24, 2.45) is 7.05 Å². The Kier molecular flexibility index (Phi) is 4.78. The molecule has 1 aromatic heterocycles. The van der Waals surface area contributed by atoms with Gasteiger partial charge in [0, 0.05) is 31.5 Å². The van der Waals surface area contributed by atoms with Crippen molar-refractivity contribution in [2.75, 3.05) is 13.7 Å². The lowest BCUT2D eigenvalue weighted by Gasteiger charge is -2.18. The zero-order chi connectivity index (χ0) is 13.0. The first kappa shape index (κ1) is 13.6. The number of rotatable bonds is 6. The summed E-state index contributed by atoms with van der Waals surface area (Å²) in [5.41, 5.74) is 2.56. The summed E-state index contributed by atoms with van der Waals surface area (Å²) in [6, 6.07) is 0.401. The molecule has 1 N–H and O–H groups in total. The minimum absolute atomic E-state index is 0.401. The standard InChI is InChI=1S/C14H25N3O/c1-4-13-12(10-17(3)16-13)14(15-2)8-7-11-6-5-9-18-11/h10-11,14-15H,4-9H2,1-3H3. The van der Waals surface area contributed by atoms with Gasteiger partial charge in [-0.05, 0) is 39.2 Å². The summed E-state index contributed by atoms with van der Waals surface area (Å²) in [5.74, 6) is 0. The van der Waals surface area contributed by atoms with Crippen molar-refractivity contribution >= 4 is 0 Å². The number of nitrogens with zero attached hydrogens (tertiary/aromatic N) is 2. The Hall–Kier alpha value is -0.870. The fourth-order valence-corrected chi connectivity index (χ4v) is 2.80. The molecule has 2 atom stereocenters. The number of ether oxygens (including phenoxy) is 1. The summed E-state index contributed by atoms with van der Waals surface area (Å²) in [4.78, 5) is 0. The molecule has 2 unspecified atom stereocenters. The van der Waals surface area contributed by atoms with Crippen LogP contribution in [0.5, 0.6) is 0 Å². The zero-order valence-corrected chi connectivity index (χ0v) is 11.8. The van der Waals surface area contributed by atoms with Crippen LogP contribution in [-0.2, 0) is 18.2 Å². The molecule has 1 saturated heterocycles. The molecule has 1 aliphatic rings. The third-order valence-corrected chi connectivity index (χ3v) is 3.80. The van der Waals surface area contributed by atoms with Gasteiger partial charge in [-0.3, -0.25) is 4.68 Å². The zero-order valence-electron chi connectivity index (χ0n) is 11.8. The van der Waals surface area contributed by atoms with Gasteiger partial charge in [0.15, 0.2) is 0 Å². The SMILES string of the molecule is CCc1nn(C)cc1C(CCC1CCCO1)NC. The molecule has 0 aliphatic carbocycles. The monoisotopic (exact) mass is 251 g/mol. The van der Waals surface area contributed by atoms with Crippen LogP contribution in [-0.4, -0.2) is 29.5 Å². The van der Waals surface area contributed by atoms with Crippen LogP contribution in [0.25, 0.3) is 0 Å². The van der Waals surface area contributed by atoms with Gasteiger partial charge in [0.05, 0.1) is 11.8 Å². The fraction of sp³-hybridized carbons (Fsp3) is 0.786. The molecule has 0 radical (unpaired) electrons. The average Bonchev–Trinajstić information content (AvgIpc) is 2.99. The van der Waals surface area contributed by atoms with Gasteiger partial charge in [-0.2, -0.15) is 5.10 Å². The van der Waals surface area contributed by atoms with E-state index in [-0.39, 0.29) is 0 Å². The molecule has 2 rings (SSSR count). The summed E-state index contributed by atoms with van der Waals surface area (Å²) in [7, 11) is 4.03. The molecule has 4 heteroatoms. The third kappa shape index (κ3) is 3.12. The quantitative estimate of drug-likeness (QED) is 0.842. The highest BCUT2D eigenvalue weighted by Crippen LogP contribution is 2.25.